The summed E-state index contributed by atoms with van der Waals surface area (Å²) >= 11 is 0. The molecule has 4 rings (SSSR count). The van der Waals surface area contributed by atoms with Gasteiger partial charge in [-0.1, -0.05) is 12.1 Å². The van der Waals surface area contributed by atoms with Crippen molar-refractivity contribution >= 4 is 17.7 Å². The number of benzene rings is 1. The first-order chi connectivity index (χ1) is 15.0. The number of hydrogen-bond acceptors (Lipinski definition) is 6. The van der Waals surface area contributed by atoms with Crippen molar-refractivity contribution < 1.29 is 23.5 Å². The Balaban J connectivity index is 1.38. The number of aryl methyl sites for hydroxylation is 1. The minimum atomic E-state index is -0.179. The van der Waals surface area contributed by atoms with Crippen molar-refractivity contribution in [2.45, 2.75) is 32.4 Å². The van der Waals surface area contributed by atoms with Gasteiger partial charge in [0.1, 0.15) is 11.5 Å². The van der Waals surface area contributed by atoms with Crippen molar-refractivity contribution in [2.24, 2.45) is 0 Å². The molecule has 164 valence electrons. The van der Waals surface area contributed by atoms with Gasteiger partial charge in [0.2, 0.25) is 11.8 Å². The SMILES string of the molecule is Cc1ccc(C(CNC(=O)c2ccc(CN3C(=O)CCC3=O)cc2)N2CCOCC2)o1. The summed E-state index contributed by atoms with van der Waals surface area (Å²) in [5, 5.41) is 3.01. The molecule has 1 aromatic carbocycles. The summed E-state index contributed by atoms with van der Waals surface area (Å²) in [5.74, 6) is 1.20. The maximum Gasteiger partial charge on any atom is 0.251 e. The van der Waals surface area contributed by atoms with Crippen molar-refractivity contribution in [2.75, 3.05) is 32.8 Å². The summed E-state index contributed by atoms with van der Waals surface area (Å²) in [6.45, 7) is 5.46. The Morgan fingerprint density at radius 2 is 1.71 bits per heavy atom. The highest BCUT2D eigenvalue weighted by molar-refractivity contribution is 6.01. The zero-order chi connectivity index (χ0) is 21.8. The first-order valence-corrected chi connectivity index (χ1v) is 10.6. The van der Waals surface area contributed by atoms with Crippen LogP contribution in [0, 0.1) is 6.92 Å². The smallest absolute Gasteiger partial charge is 0.251 e. The highest BCUT2D eigenvalue weighted by Gasteiger charge is 2.29. The molecule has 0 radical (unpaired) electrons. The number of imide groups is 1. The van der Waals surface area contributed by atoms with Gasteiger partial charge in [-0.25, -0.2) is 0 Å². The van der Waals surface area contributed by atoms with Gasteiger partial charge < -0.3 is 14.5 Å². The van der Waals surface area contributed by atoms with Crippen LogP contribution in [0.25, 0.3) is 0 Å². The summed E-state index contributed by atoms with van der Waals surface area (Å²) in [6.07, 6.45) is 0.553. The Labute approximate surface area is 181 Å². The van der Waals surface area contributed by atoms with Gasteiger partial charge in [-0.05, 0) is 36.8 Å². The number of morpholine rings is 1. The summed E-state index contributed by atoms with van der Waals surface area (Å²) in [5.41, 5.74) is 1.34. The third-order valence-corrected chi connectivity index (χ3v) is 5.74. The van der Waals surface area contributed by atoms with Crippen LogP contribution in [0.3, 0.4) is 0 Å². The molecule has 3 amide bonds. The Kier molecular flexibility index (Phi) is 6.48. The standard InChI is InChI=1S/C23H27N3O5/c1-16-2-7-20(31-16)19(25-10-12-30-13-11-25)14-24-23(29)18-5-3-17(4-6-18)15-26-21(27)8-9-22(26)28/h2-7,19H,8-15H2,1H3,(H,24,29). The summed E-state index contributed by atoms with van der Waals surface area (Å²) in [7, 11) is 0. The second-order valence-electron chi connectivity index (χ2n) is 7.89. The number of ether oxygens (including phenoxy) is 1. The highest BCUT2D eigenvalue weighted by atomic mass is 16.5. The Bertz CT molecular complexity index is 930. The number of amides is 3. The normalized spacial score (nSPS) is 18.4. The minimum Gasteiger partial charge on any atom is -0.465 e. The van der Waals surface area contributed by atoms with Crippen LogP contribution in [-0.2, 0) is 20.9 Å². The van der Waals surface area contributed by atoms with E-state index in [9.17, 15) is 14.4 Å². The molecule has 8 nitrogen and oxygen atoms in total. The molecule has 1 N–H and O–H groups in total. The molecular weight excluding hydrogens is 398 g/mol. The van der Waals surface area contributed by atoms with Crippen molar-refractivity contribution in [3.05, 3.63) is 59.0 Å². The first-order valence-electron chi connectivity index (χ1n) is 10.6. The quantitative estimate of drug-likeness (QED) is 0.683. The Morgan fingerprint density at radius 1 is 1.03 bits per heavy atom. The van der Waals surface area contributed by atoms with E-state index in [0.29, 0.717) is 25.3 Å². The van der Waals surface area contributed by atoms with Gasteiger partial charge in [-0.3, -0.25) is 24.2 Å². The van der Waals surface area contributed by atoms with E-state index in [1.54, 1.807) is 24.3 Å². The molecule has 0 saturated carbocycles. The van der Waals surface area contributed by atoms with E-state index < -0.39 is 0 Å². The number of carbonyl (C=O) groups excluding carboxylic acids is 3. The summed E-state index contributed by atoms with van der Waals surface area (Å²) in [6, 6.07) is 10.8. The molecule has 31 heavy (non-hydrogen) atoms. The van der Waals surface area contributed by atoms with Crippen molar-refractivity contribution in [3.63, 3.8) is 0 Å². The van der Waals surface area contributed by atoms with Gasteiger partial charge in [0.25, 0.3) is 5.91 Å². The predicted molar refractivity (Wildman–Crippen MR) is 112 cm³/mol. The lowest BCUT2D eigenvalue weighted by atomic mass is 10.1. The van der Waals surface area contributed by atoms with E-state index in [2.05, 4.69) is 10.2 Å². The fraction of sp³-hybridized carbons (Fsp3) is 0.435. The van der Waals surface area contributed by atoms with Gasteiger partial charge >= 0.3 is 0 Å². The average molecular weight is 425 g/mol. The fourth-order valence-electron chi connectivity index (χ4n) is 3.97. The van der Waals surface area contributed by atoms with Gasteiger partial charge in [-0.2, -0.15) is 0 Å². The van der Waals surface area contributed by atoms with Crippen molar-refractivity contribution in [1.29, 1.82) is 0 Å². The lowest BCUT2D eigenvalue weighted by Gasteiger charge is -2.33. The van der Waals surface area contributed by atoms with Gasteiger partial charge in [0, 0.05) is 38.0 Å². The van der Waals surface area contributed by atoms with E-state index in [4.69, 9.17) is 9.15 Å². The van der Waals surface area contributed by atoms with Gasteiger partial charge in [-0.15, -0.1) is 0 Å². The van der Waals surface area contributed by atoms with Crippen LogP contribution >= 0.6 is 0 Å². The number of furan rings is 1. The molecule has 2 aliphatic heterocycles. The van der Waals surface area contributed by atoms with Crippen LogP contribution in [-0.4, -0.2) is 60.4 Å². The molecule has 2 aliphatic rings. The largest absolute Gasteiger partial charge is 0.465 e. The monoisotopic (exact) mass is 425 g/mol. The molecule has 0 aliphatic carbocycles. The molecule has 1 unspecified atom stereocenters. The second-order valence-corrected chi connectivity index (χ2v) is 7.89. The van der Waals surface area contributed by atoms with Crippen LogP contribution in [0.2, 0.25) is 0 Å². The van der Waals surface area contributed by atoms with Crippen LogP contribution in [0.15, 0.2) is 40.8 Å². The number of likely N-dealkylation sites (tertiary alicyclic amines) is 1. The van der Waals surface area contributed by atoms with Gasteiger partial charge in [0.15, 0.2) is 0 Å². The zero-order valence-corrected chi connectivity index (χ0v) is 17.6. The molecule has 2 saturated heterocycles. The van der Waals surface area contributed by atoms with E-state index in [-0.39, 0.29) is 43.1 Å². The number of hydrogen-bond donors (Lipinski definition) is 1. The predicted octanol–water partition coefficient (Wildman–Crippen LogP) is 2.04. The van der Waals surface area contributed by atoms with Crippen LogP contribution in [0.1, 0.15) is 46.3 Å². The third-order valence-electron chi connectivity index (χ3n) is 5.74. The maximum atomic E-state index is 12.7. The van der Waals surface area contributed by atoms with E-state index in [0.717, 1.165) is 30.2 Å². The van der Waals surface area contributed by atoms with Crippen molar-refractivity contribution in [3.8, 4) is 0 Å². The lowest BCUT2D eigenvalue weighted by Crippen LogP contribution is -2.43. The minimum absolute atomic E-state index is 0.0620. The Morgan fingerprint density at radius 3 is 2.32 bits per heavy atom. The van der Waals surface area contributed by atoms with E-state index >= 15 is 0 Å². The summed E-state index contributed by atoms with van der Waals surface area (Å²) < 4.78 is 11.3. The second kappa shape index (κ2) is 9.45. The summed E-state index contributed by atoms with van der Waals surface area (Å²) in [4.78, 5) is 39.8. The molecule has 2 fully saturated rings. The maximum absolute atomic E-state index is 12.7. The van der Waals surface area contributed by atoms with E-state index in [1.807, 2.05) is 19.1 Å². The number of carbonyl (C=O) groups is 3. The number of nitrogens with zero attached hydrogens (tertiary/aromatic N) is 2. The van der Waals surface area contributed by atoms with Crippen LogP contribution in [0.4, 0.5) is 0 Å². The Hall–Kier alpha value is -2.97. The van der Waals surface area contributed by atoms with Crippen LogP contribution in [0.5, 0.6) is 0 Å². The zero-order valence-electron chi connectivity index (χ0n) is 17.6. The van der Waals surface area contributed by atoms with Crippen molar-refractivity contribution in [1.82, 2.24) is 15.1 Å². The fourth-order valence-corrected chi connectivity index (χ4v) is 3.97. The average Bonchev–Trinajstić information content (AvgIpc) is 3.35. The first kappa shape index (κ1) is 21.3. The number of nitrogens with one attached hydrogen (secondary N) is 1. The molecule has 1 aromatic heterocycles. The van der Waals surface area contributed by atoms with E-state index in [1.165, 1.54) is 4.90 Å². The molecule has 3 heterocycles. The van der Waals surface area contributed by atoms with Gasteiger partial charge in [0.05, 0.1) is 25.8 Å². The topological polar surface area (TPSA) is 92.1 Å². The number of rotatable bonds is 7. The molecule has 0 bridgehead atoms. The highest BCUT2D eigenvalue weighted by Crippen LogP contribution is 2.23. The molecule has 2 aromatic rings. The molecule has 0 spiro atoms. The molecule has 1 atom stereocenters. The molecule has 8 heteroatoms. The third kappa shape index (κ3) is 5.03. The molecular formula is C23H27N3O5. The van der Waals surface area contributed by atoms with Crippen LogP contribution < -0.4 is 5.32 Å². The lowest BCUT2D eigenvalue weighted by molar-refractivity contribution is -0.139.